The van der Waals surface area contributed by atoms with Gasteiger partial charge in [-0.15, -0.1) is 0 Å². The number of morpholine rings is 1. The number of benzene rings is 2. The van der Waals surface area contributed by atoms with E-state index in [0.29, 0.717) is 18.6 Å². The molecule has 4 rings (SSSR count). The summed E-state index contributed by atoms with van der Waals surface area (Å²) in [5.41, 5.74) is 4.07. The third-order valence-corrected chi connectivity index (χ3v) is 7.62. The van der Waals surface area contributed by atoms with Gasteiger partial charge in [0.05, 0.1) is 13.2 Å². The van der Waals surface area contributed by atoms with Gasteiger partial charge in [-0.1, -0.05) is 48.6 Å². The monoisotopic (exact) mass is 564 g/mol. The fourth-order valence-corrected chi connectivity index (χ4v) is 4.75. The summed E-state index contributed by atoms with van der Waals surface area (Å²) in [5, 5.41) is 2.48. The van der Waals surface area contributed by atoms with E-state index in [1.165, 1.54) is 26.6 Å². The first kappa shape index (κ1) is 30.4. The van der Waals surface area contributed by atoms with Crippen LogP contribution in [0.4, 0.5) is 0 Å². The standard InChI is InChI=1S/C31H40N4O6/c1-31(29(37)32-2,30(38)33-41-27-6-4-5-19-40-27)34(3)28(36)26-15-13-24(14-16-26)8-7-23-9-11-25(12-10-23)22-35-17-20-39-21-18-35/h7-16,27H,4-6,17-22H2,1-3H3,(H,32,37)(H,33,38)/t27?,31-/m0/s1. The van der Waals surface area contributed by atoms with Gasteiger partial charge in [0.25, 0.3) is 17.7 Å². The fraction of sp³-hybridized carbons (Fsp3) is 0.452. The summed E-state index contributed by atoms with van der Waals surface area (Å²) in [6.45, 7) is 6.33. The van der Waals surface area contributed by atoms with Crippen LogP contribution in [0.3, 0.4) is 0 Å². The van der Waals surface area contributed by atoms with E-state index in [0.717, 1.165) is 61.7 Å². The molecule has 1 unspecified atom stereocenters. The molecule has 3 amide bonds. The first-order chi connectivity index (χ1) is 19.8. The highest BCUT2D eigenvalue weighted by Crippen LogP contribution is 2.20. The van der Waals surface area contributed by atoms with Gasteiger partial charge in [-0.3, -0.25) is 19.3 Å². The fourth-order valence-electron chi connectivity index (χ4n) is 4.75. The summed E-state index contributed by atoms with van der Waals surface area (Å²) in [5.74, 6) is -1.89. The first-order valence-corrected chi connectivity index (χ1v) is 14.1. The number of amides is 3. The van der Waals surface area contributed by atoms with Crippen LogP contribution in [0.1, 0.15) is 53.2 Å². The third-order valence-electron chi connectivity index (χ3n) is 7.62. The third kappa shape index (κ3) is 7.80. The largest absolute Gasteiger partial charge is 0.379 e. The summed E-state index contributed by atoms with van der Waals surface area (Å²) in [6, 6.07) is 15.5. The molecule has 2 atom stereocenters. The van der Waals surface area contributed by atoms with E-state index < -0.39 is 29.6 Å². The van der Waals surface area contributed by atoms with E-state index in [9.17, 15) is 14.4 Å². The average Bonchev–Trinajstić information content (AvgIpc) is 3.03. The van der Waals surface area contributed by atoms with Crippen molar-refractivity contribution in [2.45, 2.75) is 44.6 Å². The van der Waals surface area contributed by atoms with Crippen LogP contribution in [0.5, 0.6) is 0 Å². The molecule has 0 spiro atoms. The number of nitrogens with one attached hydrogen (secondary N) is 2. The maximum Gasteiger partial charge on any atom is 0.279 e. The van der Waals surface area contributed by atoms with Gasteiger partial charge in [-0.2, -0.15) is 0 Å². The molecule has 2 aliphatic heterocycles. The van der Waals surface area contributed by atoms with Gasteiger partial charge in [-0.25, -0.2) is 10.3 Å². The Morgan fingerprint density at radius 3 is 2.20 bits per heavy atom. The summed E-state index contributed by atoms with van der Waals surface area (Å²) in [4.78, 5) is 48.2. The van der Waals surface area contributed by atoms with Crippen LogP contribution in [0, 0.1) is 0 Å². The Morgan fingerprint density at radius 2 is 1.61 bits per heavy atom. The highest BCUT2D eigenvalue weighted by molar-refractivity contribution is 6.12. The van der Waals surface area contributed by atoms with Crippen LogP contribution in [-0.2, 0) is 30.4 Å². The Morgan fingerprint density at radius 1 is 0.976 bits per heavy atom. The van der Waals surface area contributed by atoms with E-state index in [1.54, 1.807) is 12.1 Å². The van der Waals surface area contributed by atoms with Gasteiger partial charge in [0, 0.05) is 52.3 Å². The van der Waals surface area contributed by atoms with Crippen molar-refractivity contribution in [2.24, 2.45) is 0 Å². The van der Waals surface area contributed by atoms with E-state index in [-0.39, 0.29) is 0 Å². The van der Waals surface area contributed by atoms with Crippen molar-refractivity contribution in [1.82, 2.24) is 20.6 Å². The molecular weight excluding hydrogens is 524 g/mol. The molecule has 0 aromatic heterocycles. The molecule has 0 bridgehead atoms. The van der Waals surface area contributed by atoms with Crippen molar-refractivity contribution in [2.75, 3.05) is 47.0 Å². The zero-order valence-corrected chi connectivity index (χ0v) is 24.1. The lowest BCUT2D eigenvalue weighted by atomic mass is 9.96. The molecule has 10 nitrogen and oxygen atoms in total. The van der Waals surface area contributed by atoms with Crippen molar-refractivity contribution in [1.29, 1.82) is 0 Å². The number of likely N-dealkylation sites (N-methyl/N-ethyl adjacent to an activating group) is 2. The second-order valence-corrected chi connectivity index (χ2v) is 10.4. The molecular formula is C31H40N4O6. The number of hydrogen-bond acceptors (Lipinski definition) is 7. The lowest BCUT2D eigenvalue weighted by molar-refractivity contribution is -0.204. The maximum atomic E-state index is 13.4. The van der Waals surface area contributed by atoms with Crippen LogP contribution in [0.25, 0.3) is 12.2 Å². The predicted octanol–water partition coefficient (Wildman–Crippen LogP) is 2.84. The van der Waals surface area contributed by atoms with Gasteiger partial charge < -0.3 is 19.7 Å². The SMILES string of the molecule is CNC(=O)[C@@](C)(C(=O)NOC1CCCCO1)N(C)C(=O)c1ccc(C=Cc2ccc(CN3CCOCC3)cc2)cc1. The Kier molecular flexibility index (Phi) is 10.6. The molecule has 2 saturated heterocycles. The Labute approximate surface area is 241 Å². The van der Waals surface area contributed by atoms with Crippen molar-refractivity contribution < 1.29 is 28.7 Å². The Balaban J connectivity index is 1.37. The molecule has 10 heteroatoms. The van der Waals surface area contributed by atoms with Crippen LogP contribution in [0.15, 0.2) is 48.5 Å². The van der Waals surface area contributed by atoms with Crippen molar-refractivity contribution in [3.8, 4) is 0 Å². The molecule has 41 heavy (non-hydrogen) atoms. The van der Waals surface area contributed by atoms with Gasteiger partial charge in [0.15, 0.2) is 11.8 Å². The molecule has 2 fully saturated rings. The minimum absolute atomic E-state index is 0.344. The van der Waals surface area contributed by atoms with Gasteiger partial charge in [-0.05, 0) is 48.6 Å². The maximum absolute atomic E-state index is 13.4. The molecule has 2 aliphatic rings. The first-order valence-electron chi connectivity index (χ1n) is 14.1. The Hall–Kier alpha value is -3.57. The Bertz CT molecular complexity index is 1200. The van der Waals surface area contributed by atoms with Crippen LogP contribution in [0.2, 0.25) is 0 Å². The summed E-state index contributed by atoms with van der Waals surface area (Å²) in [7, 11) is 2.83. The summed E-state index contributed by atoms with van der Waals surface area (Å²) < 4.78 is 10.9. The number of hydroxylamine groups is 1. The van der Waals surface area contributed by atoms with Crippen molar-refractivity contribution in [3.63, 3.8) is 0 Å². The predicted molar refractivity (Wildman–Crippen MR) is 155 cm³/mol. The highest BCUT2D eigenvalue weighted by atomic mass is 16.8. The molecule has 0 saturated carbocycles. The molecule has 220 valence electrons. The van der Waals surface area contributed by atoms with Crippen LogP contribution >= 0.6 is 0 Å². The molecule has 2 aromatic carbocycles. The molecule has 2 heterocycles. The highest BCUT2D eigenvalue weighted by Gasteiger charge is 2.47. The van der Waals surface area contributed by atoms with Crippen molar-refractivity contribution in [3.05, 3.63) is 70.8 Å². The molecule has 0 radical (unpaired) electrons. The lowest BCUT2D eigenvalue weighted by Gasteiger charge is -2.36. The smallest absolute Gasteiger partial charge is 0.279 e. The number of ether oxygens (including phenoxy) is 2. The summed E-state index contributed by atoms with van der Waals surface area (Å²) in [6.07, 6.45) is 5.88. The normalized spacial score (nSPS) is 19.3. The zero-order valence-electron chi connectivity index (χ0n) is 24.1. The zero-order chi connectivity index (χ0) is 29.2. The number of hydrogen-bond donors (Lipinski definition) is 2. The average molecular weight is 565 g/mol. The van der Waals surface area contributed by atoms with E-state index >= 15 is 0 Å². The topological polar surface area (TPSA) is 109 Å². The lowest BCUT2D eigenvalue weighted by Crippen LogP contribution is -2.65. The molecule has 2 aromatic rings. The van der Waals surface area contributed by atoms with E-state index in [1.807, 2.05) is 24.3 Å². The van der Waals surface area contributed by atoms with Gasteiger partial charge >= 0.3 is 0 Å². The quantitative estimate of drug-likeness (QED) is 0.260. The van der Waals surface area contributed by atoms with Crippen molar-refractivity contribution >= 4 is 29.9 Å². The van der Waals surface area contributed by atoms with E-state index in [2.05, 4.69) is 40.0 Å². The second kappa shape index (κ2) is 14.4. The second-order valence-electron chi connectivity index (χ2n) is 10.4. The van der Waals surface area contributed by atoms with Gasteiger partial charge in [0.1, 0.15) is 0 Å². The van der Waals surface area contributed by atoms with Crippen LogP contribution < -0.4 is 10.8 Å². The van der Waals surface area contributed by atoms with Crippen LogP contribution in [-0.4, -0.2) is 86.4 Å². The number of nitrogens with zero attached hydrogens (tertiary/aromatic N) is 2. The molecule has 0 aliphatic carbocycles. The number of carbonyl (C=O) groups is 3. The minimum Gasteiger partial charge on any atom is -0.379 e. The minimum atomic E-state index is -1.85. The number of carbonyl (C=O) groups excluding carboxylic acids is 3. The molecule has 2 N–H and O–H groups in total. The van der Waals surface area contributed by atoms with Gasteiger partial charge in [0.2, 0.25) is 0 Å². The number of rotatable bonds is 10. The summed E-state index contributed by atoms with van der Waals surface area (Å²) >= 11 is 0. The van der Waals surface area contributed by atoms with E-state index in [4.69, 9.17) is 14.3 Å².